The number of hydrogen-bond donors (Lipinski definition) is 0. The van der Waals surface area contributed by atoms with E-state index in [1.54, 1.807) is 6.07 Å². The predicted octanol–water partition coefficient (Wildman–Crippen LogP) is 3.45. The van der Waals surface area contributed by atoms with E-state index in [4.69, 9.17) is 4.74 Å². The third-order valence-electron chi connectivity index (χ3n) is 2.62. The second-order valence-corrected chi connectivity index (χ2v) is 3.88. The predicted molar refractivity (Wildman–Crippen MR) is 61.4 cm³/mol. The molecule has 1 aromatic carbocycles. The second kappa shape index (κ2) is 5.64. The van der Waals surface area contributed by atoms with Gasteiger partial charge >= 0.3 is 0 Å². The van der Waals surface area contributed by atoms with Crippen molar-refractivity contribution in [3.8, 4) is 5.75 Å². The minimum Gasteiger partial charge on any atom is -0.494 e. The molecular formula is C13H17FO2. The Bertz CT molecular complexity index is 374. The van der Waals surface area contributed by atoms with E-state index in [1.807, 2.05) is 13.8 Å². The topological polar surface area (TPSA) is 26.3 Å². The Kier molecular flexibility index (Phi) is 4.47. The molecule has 0 aliphatic carbocycles. The fourth-order valence-electron chi connectivity index (χ4n) is 1.69. The fraction of sp³-hybridized carbons (Fsp3) is 0.462. The van der Waals surface area contributed by atoms with Crippen LogP contribution >= 0.6 is 0 Å². The maximum atomic E-state index is 13.8. The molecule has 16 heavy (non-hydrogen) atoms. The molecule has 0 radical (unpaired) electrons. The van der Waals surface area contributed by atoms with Gasteiger partial charge < -0.3 is 4.74 Å². The number of rotatable bonds is 5. The third-order valence-corrected chi connectivity index (χ3v) is 2.62. The summed E-state index contributed by atoms with van der Waals surface area (Å²) < 4.78 is 18.6. The summed E-state index contributed by atoms with van der Waals surface area (Å²) in [6.45, 7) is 3.83. The van der Waals surface area contributed by atoms with Crippen LogP contribution in [0, 0.1) is 11.7 Å². The first kappa shape index (κ1) is 12.7. The van der Waals surface area contributed by atoms with Gasteiger partial charge in [0.25, 0.3) is 0 Å². The smallest absolute Gasteiger partial charge is 0.175 e. The maximum absolute atomic E-state index is 13.8. The number of Topliss-reactive ketones (excluding diaryl/α,β-unsaturated/α-hetero) is 1. The van der Waals surface area contributed by atoms with Gasteiger partial charge in [-0.05, 0) is 18.6 Å². The molecule has 0 N–H and O–H groups in total. The summed E-state index contributed by atoms with van der Waals surface area (Å²) in [7, 11) is 1.39. The summed E-state index contributed by atoms with van der Waals surface area (Å²) >= 11 is 0. The molecule has 0 saturated carbocycles. The summed E-state index contributed by atoms with van der Waals surface area (Å²) in [4.78, 5) is 11.9. The minimum atomic E-state index is -0.557. The molecule has 0 aromatic heterocycles. The Balaban J connectivity index is 2.99. The molecule has 2 nitrogen and oxygen atoms in total. The van der Waals surface area contributed by atoms with Crippen molar-refractivity contribution in [1.82, 2.24) is 0 Å². The van der Waals surface area contributed by atoms with E-state index in [1.165, 1.54) is 19.2 Å². The molecule has 0 aliphatic heterocycles. The summed E-state index contributed by atoms with van der Waals surface area (Å²) in [6, 6.07) is 4.65. The fourth-order valence-corrected chi connectivity index (χ4v) is 1.69. The van der Waals surface area contributed by atoms with Crippen molar-refractivity contribution in [2.75, 3.05) is 7.11 Å². The molecule has 1 unspecified atom stereocenters. The number of ketones is 1. The summed E-state index contributed by atoms with van der Waals surface area (Å²) in [5.74, 6) is -0.739. The maximum Gasteiger partial charge on any atom is 0.175 e. The average molecular weight is 224 g/mol. The highest BCUT2D eigenvalue weighted by Crippen LogP contribution is 2.23. The molecule has 88 valence electrons. The number of ether oxygens (including phenoxy) is 1. The lowest BCUT2D eigenvalue weighted by atomic mass is 9.95. The van der Waals surface area contributed by atoms with Gasteiger partial charge in [-0.25, -0.2) is 4.39 Å². The van der Waals surface area contributed by atoms with Gasteiger partial charge in [0.15, 0.2) is 17.3 Å². The lowest BCUT2D eigenvalue weighted by Crippen LogP contribution is -2.13. The van der Waals surface area contributed by atoms with Crippen LogP contribution in [0.5, 0.6) is 5.75 Å². The summed E-state index contributed by atoms with van der Waals surface area (Å²) in [5, 5.41) is 0. The zero-order valence-corrected chi connectivity index (χ0v) is 9.92. The third kappa shape index (κ3) is 2.60. The number of methoxy groups -OCH3 is 1. The zero-order chi connectivity index (χ0) is 12.1. The molecule has 0 spiro atoms. The van der Waals surface area contributed by atoms with Crippen molar-refractivity contribution in [3.63, 3.8) is 0 Å². The van der Waals surface area contributed by atoms with E-state index in [2.05, 4.69) is 0 Å². The lowest BCUT2D eigenvalue weighted by Gasteiger charge is -2.11. The van der Waals surface area contributed by atoms with Gasteiger partial charge in [0.05, 0.1) is 12.7 Å². The SMILES string of the molecule is CCCC(C)C(=O)c1cccc(OC)c1F. The largest absolute Gasteiger partial charge is 0.494 e. The van der Waals surface area contributed by atoms with Crippen LogP contribution in [0.2, 0.25) is 0 Å². The van der Waals surface area contributed by atoms with Gasteiger partial charge in [-0.2, -0.15) is 0 Å². The first-order valence-electron chi connectivity index (χ1n) is 5.48. The molecule has 0 heterocycles. The van der Waals surface area contributed by atoms with Gasteiger partial charge in [-0.1, -0.05) is 26.3 Å². The Morgan fingerprint density at radius 2 is 2.19 bits per heavy atom. The van der Waals surface area contributed by atoms with Crippen molar-refractivity contribution in [3.05, 3.63) is 29.6 Å². The molecule has 1 atom stereocenters. The van der Waals surface area contributed by atoms with E-state index in [0.29, 0.717) is 0 Å². The van der Waals surface area contributed by atoms with Crippen LogP contribution in [0.25, 0.3) is 0 Å². The van der Waals surface area contributed by atoms with Crippen molar-refractivity contribution in [1.29, 1.82) is 0 Å². The quantitative estimate of drug-likeness (QED) is 0.716. The van der Waals surface area contributed by atoms with Gasteiger partial charge in [-0.3, -0.25) is 4.79 Å². The van der Waals surface area contributed by atoms with Crippen molar-refractivity contribution in [2.45, 2.75) is 26.7 Å². The number of carbonyl (C=O) groups is 1. The molecular weight excluding hydrogens is 207 g/mol. The first-order valence-corrected chi connectivity index (χ1v) is 5.48. The monoisotopic (exact) mass is 224 g/mol. The minimum absolute atomic E-state index is 0.120. The number of halogens is 1. The standard InChI is InChI=1S/C13H17FO2/c1-4-6-9(2)13(15)10-7-5-8-11(16-3)12(10)14/h5,7-9H,4,6H2,1-3H3. The van der Waals surface area contributed by atoms with E-state index in [9.17, 15) is 9.18 Å². The molecule has 0 amide bonds. The van der Waals surface area contributed by atoms with Gasteiger partial charge in [0.2, 0.25) is 0 Å². The van der Waals surface area contributed by atoms with Crippen molar-refractivity contribution in [2.24, 2.45) is 5.92 Å². The molecule has 0 bridgehead atoms. The van der Waals surface area contributed by atoms with Gasteiger partial charge in [0.1, 0.15) is 0 Å². The van der Waals surface area contributed by atoms with Gasteiger partial charge in [0, 0.05) is 5.92 Å². The Hall–Kier alpha value is -1.38. The average Bonchev–Trinajstić information content (AvgIpc) is 2.29. The molecule has 1 rings (SSSR count). The van der Waals surface area contributed by atoms with E-state index in [0.717, 1.165) is 12.8 Å². The second-order valence-electron chi connectivity index (χ2n) is 3.88. The van der Waals surface area contributed by atoms with Crippen LogP contribution in [0.4, 0.5) is 4.39 Å². The normalized spacial score (nSPS) is 12.2. The van der Waals surface area contributed by atoms with E-state index >= 15 is 0 Å². The highest BCUT2D eigenvalue weighted by molar-refractivity contribution is 5.98. The number of benzene rings is 1. The Morgan fingerprint density at radius 1 is 1.50 bits per heavy atom. The van der Waals surface area contributed by atoms with Crippen LogP contribution in [-0.2, 0) is 0 Å². The van der Waals surface area contributed by atoms with E-state index < -0.39 is 5.82 Å². The van der Waals surface area contributed by atoms with Crippen LogP contribution in [-0.4, -0.2) is 12.9 Å². The molecule has 0 fully saturated rings. The van der Waals surface area contributed by atoms with Gasteiger partial charge in [-0.15, -0.1) is 0 Å². The molecule has 0 saturated heterocycles. The van der Waals surface area contributed by atoms with Crippen molar-refractivity contribution < 1.29 is 13.9 Å². The van der Waals surface area contributed by atoms with Crippen LogP contribution < -0.4 is 4.74 Å². The highest BCUT2D eigenvalue weighted by Gasteiger charge is 2.20. The molecule has 3 heteroatoms. The summed E-state index contributed by atoms with van der Waals surface area (Å²) in [5.41, 5.74) is 0.125. The van der Waals surface area contributed by atoms with Crippen LogP contribution in [0.3, 0.4) is 0 Å². The Morgan fingerprint density at radius 3 is 2.75 bits per heavy atom. The molecule has 0 aliphatic rings. The lowest BCUT2D eigenvalue weighted by molar-refractivity contribution is 0.0918. The highest BCUT2D eigenvalue weighted by atomic mass is 19.1. The van der Waals surface area contributed by atoms with Crippen LogP contribution in [0.1, 0.15) is 37.0 Å². The van der Waals surface area contributed by atoms with E-state index in [-0.39, 0.29) is 23.0 Å². The van der Waals surface area contributed by atoms with Crippen LogP contribution in [0.15, 0.2) is 18.2 Å². The Labute approximate surface area is 95.4 Å². The first-order chi connectivity index (χ1) is 7.61. The number of hydrogen-bond acceptors (Lipinski definition) is 2. The molecule has 1 aromatic rings. The van der Waals surface area contributed by atoms with Crippen molar-refractivity contribution >= 4 is 5.78 Å². The number of carbonyl (C=O) groups excluding carboxylic acids is 1. The zero-order valence-electron chi connectivity index (χ0n) is 9.92. The summed E-state index contributed by atoms with van der Waals surface area (Å²) in [6.07, 6.45) is 1.69.